The Kier molecular flexibility index (Phi) is 4.61. The fourth-order valence-corrected chi connectivity index (χ4v) is 3.28. The van der Waals surface area contributed by atoms with Crippen molar-refractivity contribution in [2.45, 2.75) is 6.61 Å². The van der Waals surface area contributed by atoms with Crippen molar-refractivity contribution in [2.24, 2.45) is 7.05 Å². The van der Waals surface area contributed by atoms with E-state index in [1.807, 2.05) is 61.8 Å². The molecule has 0 N–H and O–H groups in total. The second kappa shape index (κ2) is 7.71. The van der Waals surface area contributed by atoms with Crippen molar-refractivity contribution in [3.63, 3.8) is 0 Å². The molecule has 0 amide bonds. The van der Waals surface area contributed by atoms with Crippen molar-refractivity contribution in [3.05, 3.63) is 85.2 Å². The van der Waals surface area contributed by atoms with E-state index in [4.69, 9.17) is 4.74 Å². The van der Waals surface area contributed by atoms with Crippen LogP contribution in [0.2, 0.25) is 0 Å². The third-order valence-electron chi connectivity index (χ3n) is 4.73. The van der Waals surface area contributed by atoms with Crippen LogP contribution in [0.4, 0.5) is 0 Å². The smallest absolute Gasteiger partial charge is 0.316 e. The molecule has 7 heteroatoms. The van der Waals surface area contributed by atoms with E-state index in [1.165, 1.54) is 0 Å². The van der Waals surface area contributed by atoms with Gasteiger partial charge in [0.2, 0.25) is 0 Å². The van der Waals surface area contributed by atoms with Gasteiger partial charge in [-0.15, -0.1) is 0 Å². The molecule has 0 saturated carbocycles. The molecular formula is C23H18N6O. The number of nitrogens with zero attached hydrogens (tertiary/aromatic N) is 6. The Hall–Kier alpha value is -4.13. The first-order chi connectivity index (χ1) is 14.8. The molecule has 0 unspecified atom stereocenters. The first-order valence-electron chi connectivity index (χ1n) is 9.50. The van der Waals surface area contributed by atoms with E-state index in [0.29, 0.717) is 12.6 Å². The van der Waals surface area contributed by atoms with Crippen molar-refractivity contribution in [2.75, 3.05) is 0 Å². The maximum Gasteiger partial charge on any atom is 0.316 e. The standard InChI is InChI=1S/C23H18N6O/c1-29-14-20(16-8-10-24-11-9-16)22(28-29)18-12-25-23(26-13-18)30-15-19-7-6-17-4-2-3-5-21(17)27-19/h2-14H,15H2,1H3. The van der Waals surface area contributed by atoms with Gasteiger partial charge in [-0.3, -0.25) is 9.67 Å². The molecule has 0 atom stereocenters. The average Bonchev–Trinajstić information content (AvgIpc) is 3.20. The number of fused-ring (bicyclic) bond motifs is 1. The molecular weight excluding hydrogens is 376 g/mol. The molecule has 4 aromatic heterocycles. The number of hydrogen-bond acceptors (Lipinski definition) is 6. The number of pyridine rings is 2. The summed E-state index contributed by atoms with van der Waals surface area (Å²) in [6.07, 6.45) is 8.95. The summed E-state index contributed by atoms with van der Waals surface area (Å²) in [7, 11) is 1.89. The van der Waals surface area contributed by atoms with Crippen LogP contribution in [0.15, 0.2) is 79.5 Å². The predicted octanol–water partition coefficient (Wildman–Crippen LogP) is 4.07. The lowest BCUT2D eigenvalue weighted by Gasteiger charge is -2.06. The molecule has 0 aliphatic heterocycles. The predicted molar refractivity (Wildman–Crippen MR) is 114 cm³/mol. The average molecular weight is 394 g/mol. The molecule has 0 fully saturated rings. The van der Waals surface area contributed by atoms with E-state index in [9.17, 15) is 0 Å². The van der Waals surface area contributed by atoms with Gasteiger partial charge in [0, 0.05) is 54.5 Å². The first-order valence-corrected chi connectivity index (χ1v) is 9.50. The molecule has 0 spiro atoms. The van der Waals surface area contributed by atoms with Gasteiger partial charge in [-0.05, 0) is 29.8 Å². The molecule has 146 valence electrons. The fraction of sp³-hybridized carbons (Fsp3) is 0.0870. The molecule has 5 aromatic rings. The van der Waals surface area contributed by atoms with E-state index in [0.717, 1.165) is 39.0 Å². The normalized spacial score (nSPS) is 11.0. The lowest BCUT2D eigenvalue weighted by Crippen LogP contribution is -2.01. The van der Waals surface area contributed by atoms with Crippen LogP contribution in [0.25, 0.3) is 33.3 Å². The van der Waals surface area contributed by atoms with Gasteiger partial charge in [0.1, 0.15) is 12.3 Å². The highest BCUT2D eigenvalue weighted by Gasteiger charge is 2.13. The molecule has 0 bridgehead atoms. The highest BCUT2D eigenvalue weighted by atomic mass is 16.5. The Morgan fingerprint density at radius 1 is 0.900 bits per heavy atom. The summed E-state index contributed by atoms with van der Waals surface area (Å²) in [6.45, 7) is 0.302. The molecule has 0 radical (unpaired) electrons. The third kappa shape index (κ3) is 3.60. The monoisotopic (exact) mass is 394 g/mol. The number of ether oxygens (including phenoxy) is 1. The minimum atomic E-state index is 0.301. The Morgan fingerprint density at radius 3 is 2.53 bits per heavy atom. The maximum absolute atomic E-state index is 5.73. The van der Waals surface area contributed by atoms with E-state index < -0.39 is 0 Å². The minimum Gasteiger partial charge on any atom is -0.457 e. The summed E-state index contributed by atoms with van der Waals surface area (Å²) < 4.78 is 7.51. The number of para-hydroxylation sites is 1. The number of aryl methyl sites for hydroxylation is 1. The van der Waals surface area contributed by atoms with Crippen molar-refractivity contribution in [1.29, 1.82) is 0 Å². The Balaban J connectivity index is 1.35. The van der Waals surface area contributed by atoms with Gasteiger partial charge in [-0.1, -0.05) is 24.3 Å². The molecule has 0 aliphatic carbocycles. The second-order valence-electron chi connectivity index (χ2n) is 6.84. The summed E-state index contributed by atoms with van der Waals surface area (Å²) in [5.74, 6) is 0. The fourth-order valence-electron chi connectivity index (χ4n) is 3.28. The number of benzene rings is 1. The molecule has 1 aromatic carbocycles. The van der Waals surface area contributed by atoms with Crippen LogP contribution in [0, 0.1) is 0 Å². The van der Waals surface area contributed by atoms with Crippen LogP contribution in [-0.4, -0.2) is 29.7 Å². The van der Waals surface area contributed by atoms with Crippen molar-refractivity contribution >= 4 is 10.9 Å². The van der Waals surface area contributed by atoms with Crippen LogP contribution in [0.3, 0.4) is 0 Å². The number of aromatic nitrogens is 6. The summed E-state index contributed by atoms with van der Waals surface area (Å²) in [5.41, 5.74) is 5.43. The van der Waals surface area contributed by atoms with Crippen molar-refractivity contribution in [1.82, 2.24) is 29.7 Å². The van der Waals surface area contributed by atoms with Gasteiger partial charge >= 0.3 is 6.01 Å². The highest BCUT2D eigenvalue weighted by Crippen LogP contribution is 2.30. The quantitative estimate of drug-likeness (QED) is 0.447. The van der Waals surface area contributed by atoms with E-state index in [1.54, 1.807) is 29.5 Å². The van der Waals surface area contributed by atoms with E-state index in [-0.39, 0.29) is 0 Å². The van der Waals surface area contributed by atoms with Gasteiger partial charge < -0.3 is 4.74 Å². The Bertz CT molecular complexity index is 1300. The Morgan fingerprint density at radius 2 is 1.70 bits per heavy atom. The lowest BCUT2D eigenvalue weighted by atomic mass is 10.1. The minimum absolute atomic E-state index is 0.301. The van der Waals surface area contributed by atoms with Gasteiger partial charge in [-0.25, -0.2) is 15.0 Å². The van der Waals surface area contributed by atoms with Crippen LogP contribution in [-0.2, 0) is 13.7 Å². The zero-order valence-electron chi connectivity index (χ0n) is 16.3. The van der Waals surface area contributed by atoms with Crippen molar-refractivity contribution < 1.29 is 4.74 Å². The largest absolute Gasteiger partial charge is 0.457 e. The summed E-state index contributed by atoms with van der Waals surface area (Å²) in [4.78, 5) is 17.4. The van der Waals surface area contributed by atoms with Crippen LogP contribution < -0.4 is 4.74 Å². The summed E-state index contributed by atoms with van der Waals surface area (Å²) in [6, 6.07) is 16.2. The zero-order chi connectivity index (χ0) is 20.3. The van der Waals surface area contributed by atoms with Gasteiger partial charge in [0.05, 0.1) is 11.2 Å². The number of rotatable bonds is 5. The zero-order valence-corrected chi connectivity index (χ0v) is 16.3. The molecule has 0 aliphatic rings. The van der Waals surface area contributed by atoms with Gasteiger partial charge in [-0.2, -0.15) is 5.10 Å². The SMILES string of the molecule is Cn1cc(-c2ccncc2)c(-c2cnc(OCc3ccc4ccccc4n3)nc2)n1. The first kappa shape index (κ1) is 17.9. The second-order valence-corrected chi connectivity index (χ2v) is 6.84. The maximum atomic E-state index is 5.73. The Labute approximate surface area is 173 Å². The molecule has 5 rings (SSSR count). The van der Waals surface area contributed by atoms with Gasteiger partial charge in [0.25, 0.3) is 0 Å². The third-order valence-corrected chi connectivity index (χ3v) is 4.73. The number of hydrogen-bond donors (Lipinski definition) is 0. The summed E-state index contributed by atoms with van der Waals surface area (Å²) in [5, 5.41) is 5.67. The summed E-state index contributed by atoms with van der Waals surface area (Å²) >= 11 is 0. The van der Waals surface area contributed by atoms with Crippen molar-refractivity contribution in [3.8, 4) is 28.4 Å². The van der Waals surface area contributed by atoms with Gasteiger partial charge in [0.15, 0.2) is 0 Å². The van der Waals surface area contributed by atoms with Crippen LogP contribution >= 0.6 is 0 Å². The molecule has 7 nitrogen and oxygen atoms in total. The molecule has 0 saturated heterocycles. The van der Waals surface area contributed by atoms with E-state index >= 15 is 0 Å². The molecule has 30 heavy (non-hydrogen) atoms. The highest BCUT2D eigenvalue weighted by molar-refractivity contribution is 5.79. The molecule has 4 heterocycles. The topological polar surface area (TPSA) is 78.6 Å². The van der Waals surface area contributed by atoms with E-state index in [2.05, 4.69) is 25.0 Å². The lowest BCUT2D eigenvalue weighted by molar-refractivity contribution is 0.277. The van der Waals surface area contributed by atoms with Crippen LogP contribution in [0.1, 0.15) is 5.69 Å². The van der Waals surface area contributed by atoms with Crippen LogP contribution in [0.5, 0.6) is 6.01 Å².